The van der Waals surface area contributed by atoms with E-state index in [2.05, 4.69) is 20.9 Å². The smallest absolute Gasteiger partial charge is 0.146 e. The summed E-state index contributed by atoms with van der Waals surface area (Å²) >= 11 is 3.15. The van der Waals surface area contributed by atoms with E-state index >= 15 is 0 Å². The zero-order valence-electron chi connectivity index (χ0n) is 12.0. The minimum Gasteiger partial charge on any atom is -0.396 e. The number of benzene rings is 2. The maximum Gasteiger partial charge on any atom is 0.146 e. The quantitative estimate of drug-likeness (QED) is 0.607. The molecule has 3 nitrogen and oxygen atoms in total. The van der Waals surface area contributed by atoms with Gasteiger partial charge in [0.05, 0.1) is 11.4 Å². The maximum atomic E-state index is 12.9. The summed E-state index contributed by atoms with van der Waals surface area (Å²) in [7, 11) is 0. The van der Waals surface area contributed by atoms with E-state index in [1.54, 1.807) is 30.6 Å². The van der Waals surface area contributed by atoms with Crippen LogP contribution in [0.2, 0.25) is 0 Å². The Hall–Kier alpha value is -2.47. The topological polar surface area (TPSA) is 64.9 Å². The van der Waals surface area contributed by atoms with Crippen LogP contribution >= 0.6 is 15.9 Å². The highest BCUT2D eigenvalue weighted by molar-refractivity contribution is 9.10. The summed E-state index contributed by atoms with van der Waals surface area (Å²) in [5.41, 5.74) is 12.9. The number of nitrogens with zero attached hydrogens (tertiary/aromatic N) is 1. The lowest BCUT2D eigenvalue weighted by atomic mass is 10.1. The highest BCUT2D eigenvalue weighted by Crippen LogP contribution is 2.22. The lowest BCUT2D eigenvalue weighted by molar-refractivity contribution is 0.632. The molecule has 2 aromatic carbocycles. The van der Waals surface area contributed by atoms with Crippen LogP contribution in [0.25, 0.3) is 11.1 Å². The van der Waals surface area contributed by atoms with E-state index in [4.69, 9.17) is 11.5 Å². The summed E-state index contributed by atoms with van der Waals surface area (Å²) in [5, 5.41) is 0. The van der Waals surface area contributed by atoms with E-state index in [9.17, 15) is 8.78 Å². The third-order valence-corrected chi connectivity index (χ3v) is 3.46. The standard InChI is InChI=1S/C11H9FN2.C6H5BrFN/c12-10-2-1-9(7-11(10)13)8-3-5-14-6-4-8;7-4-1-2-5(8)6(9)3-4/h1-7H,13H2;1-3H,9H2. The van der Waals surface area contributed by atoms with E-state index in [0.717, 1.165) is 15.6 Å². The van der Waals surface area contributed by atoms with Gasteiger partial charge in [-0.1, -0.05) is 22.0 Å². The van der Waals surface area contributed by atoms with E-state index in [-0.39, 0.29) is 23.0 Å². The lowest BCUT2D eigenvalue weighted by Gasteiger charge is -2.02. The second-order valence-corrected chi connectivity index (χ2v) is 5.55. The number of hydrogen-bond donors (Lipinski definition) is 2. The molecule has 0 aliphatic heterocycles. The van der Waals surface area contributed by atoms with Crippen LogP contribution in [0.4, 0.5) is 20.2 Å². The minimum atomic E-state index is -0.386. The van der Waals surface area contributed by atoms with E-state index in [1.807, 2.05) is 12.1 Å². The Labute approximate surface area is 141 Å². The number of aromatic nitrogens is 1. The molecule has 0 saturated heterocycles. The first-order valence-electron chi connectivity index (χ1n) is 6.63. The summed E-state index contributed by atoms with van der Waals surface area (Å²) in [6.07, 6.45) is 3.38. The van der Waals surface area contributed by atoms with Crippen molar-refractivity contribution in [2.45, 2.75) is 0 Å². The van der Waals surface area contributed by atoms with Gasteiger partial charge in [-0.25, -0.2) is 8.78 Å². The normalized spacial score (nSPS) is 9.87. The predicted molar refractivity (Wildman–Crippen MR) is 92.6 cm³/mol. The highest BCUT2D eigenvalue weighted by Gasteiger charge is 2.01. The van der Waals surface area contributed by atoms with Gasteiger partial charge >= 0.3 is 0 Å². The van der Waals surface area contributed by atoms with Crippen molar-refractivity contribution in [3.8, 4) is 11.1 Å². The summed E-state index contributed by atoms with van der Waals surface area (Å²) in [5.74, 6) is -0.763. The average molecular weight is 378 g/mol. The van der Waals surface area contributed by atoms with Gasteiger partial charge in [-0.3, -0.25) is 4.98 Å². The zero-order chi connectivity index (χ0) is 16.8. The number of rotatable bonds is 1. The Morgan fingerprint density at radius 2 is 1.30 bits per heavy atom. The van der Waals surface area contributed by atoms with Gasteiger partial charge in [0.1, 0.15) is 11.6 Å². The summed E-state index contributed by atoms with van der Waals surface area (Å²) < 4.78 is 26.0. The van der Waals surface area contributed by atoms with E-state index < -0.39 is 0 Å². The number of halogens is 3. The minimum absolute atomic E-state index is 0.166. The first-order valence-corrected chi connectivity index (χ1v) is 7.42. The molecule has 0 spiro atoms. The molecule has 0 bridgehead atoms. The third-order valence-electron chi connectivity index (χ3n) is 2.97. The van der Waals surface area contributed by atoms with Crippen molar-refractivity contribution in [2.24, 2.45) is 0 Å². The van der Waals surface area contributed by atoms with Crippen molar-refractivity contribution in [3.63, 3.8) is 0 Å². The second-order valence-electron chi connectivity index (χ2n) is 4.64. The predicted octanol–water partition coefficient (Wildman–Crippen LogP) is 4.64. The number of anilines is 2. The molecule has 0 aliphatic carbocycles. The van der Waals surface area contributed by atoms with Crippen molar-refractivity contribution in [1.82, 2.24) is 4.98 Å². The molecular weight excluding hydrogens is 364 g/mol. The summed E-state index contributed by atoms with van der Waals surface area (Å²) in [6, 6.07) is 12.8. The van der Waals surface area contributed by atoms with Gasteiger partial charge in [0.25, 0.3) is 0 Å². The molecule has 1 aromatic heterocycles. The molecule has 0 atom stereocenters. The molecule has 118 valence electrons. The van der Waals surface area contributed by atoms with Crippen LogP contribution in [0.3, 0.4) is 0 Å². The fourth-order valence-corrected chi connectivity index (χ4v) is 2.16. The highest BCUT2D eigenvalue weighted by atomic mass is 79.9. The molecule has 0 aliphatic rings. The summed E-state index contributed by atoms with van der Waals surface area (Å²) in [4.78, 5) is 3.91. The Balaban J connectivity index is 0.000000185. The number of pyridine rings is 1. The molecule has 0 amide bonds. The van der Waals surface area contributed by atoms with E-state index in [1.165, 1.54) is 18.2 Å². The van der Waals surface area contributed by atoms with E-state index in [0.29, 0.717) is 0 Å². The Kier molecular flexibility index (Phi) is 5.65. The maximum absolute atomic E-state index is 12.9. The molecule has 0 saturated carbocycles. The van der Waals surface area contributed by atoms with Gasteiger partial charge in [-0.2, -0.15) is 0 Å². The van der Waals surface area contributed by atoms with Gasteiger partial charge in [0.2, 0.25) is 0 Å². The second kappa shape index (κ2) is 7.69. The average Bonchev–Trinajstić information content (AvgIpc) is 2.55. The molecule has 1 heterocycles. The molecular formula is C17H14BrF2N3. The summed E-state index contributed by atoms with van der Waals surface area (Å²) in [6.45, 7) is 0. The fraction of sp³-hybridized carbons (Fsp3) is 0. The van der Waals surface area contributed by atoms with Crippen LogP contribution < -0.4 is 11.5 Å². The zero-order valence-corrected chi connectivity index (χ0v) is 13.6. The van der Waals surface area contributed by atoms with Crippen molar-refractivity contribution in [3.05, 3.63) is 77.0 Å². The monoisotopic (exact) mass is 377 g/mol. The molecule has 0 unspecified atom stereocenters. The molecule has 23 heavy (non-hydrogen) atoms. The molecule has 3 aromatic rings. The largest absolute Gasteiger partial charge is 0.396 e. The van der Waals surface area contributed by atoms with Crippen LogP contribution in [0.5, 0.6) is 0 Å². The van der Waals surface area contributed by atoms with Gasteiger partial charge in [-0.15, -0.1) is 0 Å². The van der Waals surface area contributed by atoms with Crippen LogP contribution in [0.15, 0.2) is 65.4 Å². The molecule has 0 fully saturated rings. The molecule has 0 radical (unpaired) electrons. The van der Waals surface area contributed by atoms with Gasteiger partial charge in [0.15, 0.2) is 0 Å². The Bertz CT molecular complexity index is 795. The Morgan fingerprint density at radius 3 is 1.83 bits per heavy atom. The first kappa shape index (κ1) is 16.9. The SMILES string of the molecule is Nc1cc(-c2ccncc2)ccc1F.Nc1cc(Br)ccc1F. The van der Waals surface area contributed by atoms with Crippen molar-refractivity contribution in [2.75, 3.05) is 11.5 Å². The molecule has 4 N–H and O–H groups in total. The number of hydrogen-bond acceptors (Lipinski definition) is 3. The first-order chi connectivity index (χ1) is 11.0. The van der Waals surface area contributed by atoms with Crippen molar-refractivity contribution >= 4 is 27.3 Å². The van der Waals surface area contributed by atoms with Crippen LogP contribution in [-0.4, -0.2) is 4.98 Å². The van der Waals surface area contributed by atoms with Gasteiger partial charge in [-0.05, 0) is 53.6 Å². The van der Waals surface area contributed by atoms with Gasteiger partial charge < -0.3 is 11.5 Å². The van der Waals surface area contributed by atoms with Gasteiger partial charge in [0, 0.05) is 16.9 Å². The van der Waals surface area contributed by atoms with Crippen LogP contribution in [-0.2, 0) is 0 Å². The lowest BCUT2D eigenvalue weighted by Crippen LogP contribution is -1.90. The van der Waals surface area contributed by atoms with Crippen LogP contribution in [0, 0.1) is 11.6 Å². The number of nitrogen functional groups attached to an aromatic ring is 2. The van der Waals surface area contributed by atoms with Crippen LogP contribution in [0.1, 0.15) is 0 Å². The third kappa shape index (κ3) is 4.75. The number of nitrogens with two attached hydrogens (primary N) is 2. The Morgan fingerprint density at radius 1 is 0.739 bits per heavy atom. The molecule has 3 rings (SSSR count). The van der Waals surface area contributed by atoms with Crippen molar-refractivity contribution < 1.29 is 8.78 Å². The van der Waals surface area contributed by atoms with Crippen molar-refractivity contribution in [1.29, 1.82) is 0 Å². The fourth-order valence-electron chi connectivity index (χ4n) is 1.78. The molecule has 6 heteroatoms.